The van der Waals surface area contributed by atoms with E-state index in [9.17, 15) is 0 Å². The van der Waals surface area contributed by atoms with E-state index in [0.29, 0.717) is 13.2 Å². The van der Waals surface area contributed by atoms with Gasteiger partial charge in [-0.1, -0.05) is 12.2 Å². The van der Waals surface area contributed by atoms with Crippen LogP contribution in [0.25, 0.3) is 0 Å². The van der Waals surface area contributed by atoms with Gasteiger partial charge >= 0.3 is 9.28 Å². The summed E-state index contributed by atoms with van der Waals surface area (Å²) in [6, 6.07) is 0.889. The fourth-order valence-electron chi connectivity index (χ4n) is 0.758. The van der Waals surface area contributed by atoms with Crippen LogP contribution in [0.5, 0.6) is 0 Å². The summed E-state index contributed by atoms with van der Waals surface area (Å²) < 4.78 is 15.5. The van der Waals surface area contributed by atoms with Crippen molar-refractivity contribution >= 4 is 9.28 Å². The Kier molecular flexibility index (Phi) is 7.38. The minimum atomic E-state index is -1.41. The summed E-state index contributed by atoms with van der Waals surface area (Å²) in [7, 11) is 1.95. The Bertz CT molecular complexity index is 123. The van der Waals surface area contributed by atoms with Crippen LogP contribution in [-0.4, -0.2) is 36.7 Å². The number of hydrogen-bond donors (Lipinski definition) is 0. The van der Waals surface area contributed by atoms with Crippen molar-refractivity contribution in [3.05, 3.63) is 12.2 Å². The van der Waals surface area contributed by atoms with E-state index >= 15 is 0 Å². The van der Waals surface area contributed by atoms with Crippen LogP contribution in [0.3, 0.4) is 0 Å². The van der Waals surface area contributed by atoms with Gasteiger partial charge in [0.15, 0.2) is 0 Å². The summed E-state index contributed by atoms with van der Waals surface area (Å²) >= 11 is 0. The van der Waals surface area contributed by atoms with E-state index in [1.807, 2.05) is 6.92 Å². The third kappa shape index (κ3) is 6.54. The molecule has 0 unspecified atom stereocenters. The summed E-state index contributed by atoms with van der Waals surface area (Å²) in [4.78, 5) is 0. The van der Waals surface area contributed by atoms with Gasteiger partial charge < -0.3 is 13.6 Å². The molecule has 0 aromatic heterocycles. The molecular formula is C8H18O3Si. The van der Waals surface area contributed by atoms with Gasteiger partial charge in [-0.2, -0.15) is 0 Å². The van der Waals surface area contributed by atoms with Crippen molar-refractivity contribution in [2.75, 3.05) is 27.4 Å². The predicted octanol–water partition coefficient (Wildman–Crippen LogP) is 1.09. The molecule has 0 amide bonds. The van der Waals surface area contributed by atoms with Crippen LogP contribution in [0, 0.1) is 0 Å². The molecule has 3 nitrogen and oxygen atoms in total. The number of ether oxygens (including phenoxy) is 1. The summed E-state index contributed by atoms with van der Waals surface area (Å²) in [5.41, 5.74) is 1.04. The Morgan fingerprint density at radius 3 is 2.33 bits per heavy atom. The molecule has 0 fully saturated rings. The first kappa shape index (κ1) is 11.8. The topological polar surface area (TPSA) is 27.7 Å². The lowest BCUT2D eigenvalue weighted by Crippen LogP contribution is -2.20. The molecule has 0 spiro atoms. The van der Waals surface area contributed by atoms with Gasteiger partial charge in [-0.3, -0.25) is 0 Å². The molecule has 0 aliphatic rings. The van der Waals surface area contributed by atoms with Crippen molar-refractivity contribution in [2.45, 2.75) is 13.0 Å². The first-order chi connectivity index (χ1) is 5.70. The average Bonchev–Trinajstić information content (AvgIpc) is 2.04. The zero-order chi connectivity index (χ0) is 9.40. The molecule has 0 saturated heterocycles. The van der Waals surface area contributed by atoms with Crippen molar-refractivity contribution in [3.8, 4) is 0 Å². The Morgan fingerprint density at radius 2 is 1.92 bits per heavy atom. The minimum Gasteiger partial charge on any atom is -0.400 e. The van der Waals surface area contributed by atoms with Crippen LogP contribution < -0.4 is 0 Å². The van der Waals surface area contributed by atoms with E-state index in [0.717, 1.165) is 11.6 Å². The minimum absolute atomic E-state index is 0.633. The van der Waals surface area contributed by atoms with Crippen LogP contribution in [0.2, 0.25) is 6.04 Å². The summed E-state index contributed by atoms with van der Waals surface area (Å²) in [5.74, 6) is 0. The molecule has 72 valence electrons. The lowest BCUT2D eigenvalue weighted by Gasteiger charge is -2.10. The molecule has 4 heteroatoms. The lowest BCUT2D eigenvalue weighted by molar-refractivity contribution is 0.160. The highest BCUT2D eigenvalue weighted by atomic mass is 28.3. The van der Waals surface area contributed by atoms with Crippen molar-refractivity contribution in [1.82, 2.24) is 0 Å². The maximum atomic E-state index is 5.30. The molecular weight excluding hydrogens is 172 g/mol. The van der Waals surface area contributed by atoms with Crippen molar-refractivity contribution in [3.63, 3.8) is 0 Å². The Hall–Kier alpha value is -0.163. The van der Waals surface area contributed by atoms with Gasteiger partial charge in [-0.05, 0) is 6.92 Å². The maximum Gasteiger partial charge on any atom is 0.323 e. The maximum absolute atomic E-state index is 5.30. The van der Waals surface area contributed by atoms with Crippen LogP contribution in [0.1, 0.15) is 6.92 Å². The van der Waals surface area contributed by atoms with Gasteiger partial charge in [0.25, 0.3) is 0 Å². The normalized spacial score (nSPS) is 10.7. The highest BCUT2D eigenvalue weighted by Crippen LogP contribution is 1.96. The van der Waals surface area contributed by atoms with Crippen molar-refractivity contribution in [2.24, 2.45) is 0 Å². The Labute approximate surface area is 76.2 Å². The molecule has 0 aromatic rings. The van der Waals surface area contributed by atoms with Crippen LogP contribution in [0.4, 0.5) is 0 Å². The smallest absolute Gasteiger partial charge is 0.323 e. The van der Waals surface area contributed by atoms with Gasteiger partial charge in [0, 0.05) is 26.9 Å². The SMILES string of the molecule is C=C(C)COCC[SiH](OC)OC. The summed E-state index contributed by atoms with van der Waals surface area (Å²) in [5, 5.41) is 0. The van der Waals surface area contributed by atoms with E-state index in [-0.39, 0.29) is 0 Å². The molecule has 0 N–H and O–H groups in total. The van der Waals surface area contributed by atoms with Gasteiger partial charge in [0.05, 0.1) is 6.61 Å². The van der Waals surface area contributed by atoms with Crippen molar-refractivity contribution in [1.29, 1.82) is 0 Å². The molecule has 0 heterocycles. The second-order valence-electron chi connectivity index (χ2n) is 2.70. The monoisotopic (exact) mass is 190 g/mol. The molecule has 0 bridgehead atoms. The van der Waals surface area contributed by atoms with E-state index in [1.165, 1.54) is 0 Å². The molecule has 0 aliphatic carbocycles. The van der Waals surface area contributed by atoms with E-state index in [1.54, 1.807) is 14.2 Å². The number of hydrogen-bond acceptors (Lipinski definition) is 3. The quantitative estimate of drug-likeness (QED) is 0.342. The van der Waals surface area contributed by atoms with Crippen LogP contribution in [0.15, 0.2) is 12.2 Å². The molecule has 12 heavy (non-hydrogen) atoms. The first-order valence-corrected chi connectivity index (χ1v) is 5.74. The van der Waals surface area contributed by atoms with Gasteiger partial charge in [-0.25, -0.2) is 0 Å². The molecule has 0 saturated carbocycles. The largest absolute Gasteiger partial charge is 0.400 e. The van der Waals surface area contributed by atoms with Gasteiger partial charge in [0.1, 0.15) is 0 Å². The molecule has 0 aliphatic heterocycles. The van der Waals surface area contributed by atoms with Crippen LogP contribution >= 0.6 is 0 Å². The number of rotatable bonds is 7. The molecule has 0 aromatic carbocycles. The predicted molar refractivity (Wildman–Crippen MR) is 51.6 cm³/mol. The average molecular weight is 190 g/mol. The highest BCUT2D eigenvalue weighted by Gasteiger charge is 2.07. The Balaban J connectivity index is 3.23. The van der Waals surface area contributed by atoms with Gasteiger partial charge in [0.2, 0.25) is 0 Å². The van der Waals surface area contributed by atoms with Crippen molar-refractivity contribution < 1.29 is 13.6 Å². The third-order valence-electron chi connectivity index (χ3n) is 1.37. The first-order valence-electron chi connectivity index (χ1n) is 3.98. The van der Waals surface area contributed by atoms with Crippen LogP contribution in [-0.2, 0) is 13.6 Å². The zero-order valence-electron chi connectivity index (χ0n) is 8.13. The fourth-order valence-corrected chi connectivity index (χ4v) is 1.78. The second-order valence-corrected chi connectivity index (χ2v) is 5.08. The third-order valence-corrected chi connectivity index (χ3v) is 3.13. The van der Waals surface area contributed by atoms with E-state index in [4.69, 9.17) is 13.6 Å². The molecule has 0 rings (SSSR count). The molecule has 0 atom stereocenters. The highest BCUT2D eigenvalue weighted by molar-refractivity contribution is 6.44. The molecule has 0 radical (unpaired) electrons. The second kappa shape index (κ2) is 7.48. The van der Waals surface area contributed by atoms with Gasteiger partial charge in [-0.15, -0.1) is 0 Å². The fraction of sp³-hybridized carbons (Fsp3) is 0.750. The van der Waals surface area contributed by atoms with E-state index in [2.05, 4.69) is 6.58 Å². The summed E-state index contributed by atoms with van der Waals surface area (Å²) in [6.07, 6.45) is 0. The zero-order valence-corrected chi connectivity index (χ0v) is 9.29. The summed E-state index contributed by atoms with van der Waals surface area (Å²) in [6.45, 7) is 7.02. The Morgan fingerprint density at radius 1 is 1.33 bits per heavy atom. The van der Waals surface area contributed by atoms with E-state index < -0.39 is 9.28 Å². The standard InChI is InChI=1S/C8H18O3Si/c1-8(2)7-11-5-6-12(9-3)10-4/h12H,1,5-7H2,2-4H3. The lowest BCUT2D eigenvalue weighted by atomic mass is 10.4.